The first kappa shape index (κ1) is 15.4. The van der Waals surface area contributed by atoms with Gasteiger partial charge in [0, 0.05) is 19.2 Å². The van der Waals surface area contributed by atoms with Gasteiger partial charge in [-0.15, -0.1) is 0 Å². The van der Waals surface area contributed by atoms with Crippen LogP contribution in [-0.4, -0.2) is 48.7 Å². The predicted octanol–water partition coefficient (Wildman–Crippen LogP) is 0.469. The zero-order valence-corrected chi connectivity index (χ0v) is 11.8. The smallest absolute Gasteiger partial charge is 0.237 e. The molecule has 3 unspecified atom stereocenters. The summed E-state index contributed by atoms with van der Waals surface area (Å²) in [6.07, 6.45) is 4.39. The topological polar surface area (TPSA) is 81.6 Å². The van der Waals surface area contributed by atoms with Gasteiger partial charge in [-0.05, 0) is 46.6 Å². The molecule has 1 aliphatic rings. The van der Waals surface area contributed by atoms with Crippen molar-refractivity contribution < 1.29 is 9.53 Å². The van der Waals surface area contributed by atoms with E-state index < -0.39 is 11.4 Å². The molecule has 1 aliphatic heterocycles. The van der Waals surface area contributed by atoms with Crippen molar-refractivity contribution in [3.8, 4) is 0 Å². The molecular weight excluding hydrogens is 230 g/mol. The molecule has 3 atom stereocenters. The maximum Gasteiger partial charge on any atom is 0.237 e. The van der Waals surface area contributed by atoms with E-state index in [0.717, 1.165) is 26.0 Å². The van der Waals surface area contributed by atoms with Crippen LogP contribution in [0.1, 0.15) is 39.5 Å². The third-order valence-electron chi connectivity index (χ3n) is 3.80. The Morgan fingerprint density at radius 1 is 1.56 bits per heavy atom. The summed E-state index contributed by atoms with van der Waals surface area (Å²) in [4.78, 5) is 13.4. The summed E-state index contributed by atoms with van der Waals surface area (Å²) in [5.41, 5.74) is 10.3. The molecule has 0 aliphatic carbocycles. The van der Waals surface area contributed by atoms with Crippen molar-refractivity contribution in [3.05, 3.63) is 0 Å². The van der Waals surface area contributed by atoms with Crippen LogP contribution >= 0.6 is 0 Å². The van der Waals surface area contributed by atoms with Gasteiger partial charge in [-0.1, -0.05) is 0 Å². The minimum absolute atomic E-state index is 0.207. The van der Waals surface area contributed by atoms with Crippen LogP contribution in [0.2, 0.25) is 0 Å². The Hall–Kier alpha value is -0.650. The lowest BCUT2D eigenvalue weighted by Crippen LogP contribution is -2.53. The fraction of sp³-hybridized carbons (Fsp3) is 0.923. The summed E-state index contributed by atoms with van der Waals surface area (Å²) in [6, 6.07) is 0.207. The van der Waals surface area contributed by atoms with Gasteiger partial charge in [-0.25, -0.2) is 0 Å². The van der Waals surface area contributed by atoms with Crippen LogP contribution in [0.4, 0.5) is 0 Å². The van der Waals surface area contributed by atoms with Crippen LogP contribution < -0.4 is 11.5 Å². The highest BCUT2D eigenvalue weighted by molar-refractivity contribution is 5.83. The molecule has 5 heteroatoms. The predicted molar refractivity (Wildman–Crippen MR) is 72.1 cm³/mol. The average molecular weight is 257 g/mol. The maximum absolute atomic E-state index is 11.2. The number of likely N-dealkylation sites (N-methyl/N-ethyl adjacent to an activating group) is 1. The number of nitrogens with zero attached hydrogens (tertiary/aromatic N) is 1. The molecule has 1 amide bonds. The molecule has 5 nitrogen and oxygen atoms in total. The van der Waals surface area contributed by atoms with E-state index in [-0.39, 0.29) is 6.04 Å². The number of rotatable bonds is 6. The molecule has 0 aromatic rings. The molecule has 1 rings (SSSR count). The standard InChI is InChI=1S/C13H27N3O2/c1-10(8-13(2,15)12(14)17)16(3)9-11-6-4-5-7-18-11/h10-11H,4-9,15H2,1-3H3,(H2,14,17). The SMILES string of the molecule is CC(CC(C)(N)C(N)=O)N(C)CC1CCCCO1. The van der Waals surface area contributed by atoms with Crippen molar-refractivity contribution >= 4 is 5.91 Å². The fourth-order valence-electron chi connectivity index (χ4n) is 2.32. The molecule has 0 radical (unpaired) electrons. The van der Waals surface area contributed by atoms with E-state index >= 15 is 0 Å². The Morgan fingerprint density at radius 2 is 2.22 bits per heavy atom. The first-order valence-electron chi connectivity index (χ1n) is 6.73. The van der Waals surface area contributed by atoms with E-state index in [0.29, 0.717) is 12.5 Å². The van der Waals surface area contributed by atoms with Gasteiger partial charge in [-0.2, -0.15) is 0 Å². The lowest BCUT2D eigenvalue weighted by atomic mass is 9.93. The van der Waals surface area contributed by atoms with Crippen molar-refractivity contribution in [2.75, 3.05) is 20.2 Å². The van der Waals surface area contributed by atoms with Crippen LogP contribution in [0, 0.1) is 0 Å². The van der Waals surface area contributed by atoms with E-state index in [2.05, 4.69) is 11.8 Å². The summed E-state index contributed by atoms with van der Waals surface area (Å²) in [7, 11) is 2.04. The molecule has 0 bridgehead atoms. The van der Waals surface area contributed by atoms with Gasteiger partial charge in [0.25, 0.3) is 0 Å². The molecule has 106 valence electrons. The van der Waals surface area contributed by atoms with Gasteiger partial charge >= 0.3 is 0 Å². The van der Waals surface area contributed by atoms with Gasteiger partial charge in [0.2, 0.25) is 5.91 Å². The van der Waals surface area contributed by atoms with Crippen LogP contribution in [-0.2, 0) is 9.53 Å². The molecule has 0 saturated carbocycles. The fourth-order valence-corrected chi connectivity index (χ4v) is 2.32. The Bertz CT molecular complexity index is 275. The molecule has 1 saturated heterocycles. The minimum Gasteiger partial charge on any atom is -0.377 e. The van der Waals surface area contributed by atoms with E-state index in [1.807, 2.05) is 7.05 Å². The number of nitrogens with two attached hydrogens (primary N) is 2. The van der Waals surface area contributed by atoms with E-state index in [9.17, 15) is 4.79 Å². The average Bonchev–Trinajstić information content (AvgIpc) is 2.29. The lowest BCUT2D eigenvalue weighted by Gasteiger charge is -2.34. The molecule has 18 heavy (non-hydrogen) atoms. The summed E-state index contributed by atoms with van der Waals surface area (Å²) in [5.74, 6) is -0.448. The summed E-state index contributed by atoms with van der Waals surface area (Å²) >= 11 is 0. The molecule has 0 aromatic carbocycles. The van der Waals surface area contributed by atoms with Crippen molar-refractivity contribution in [1.29, 1.82) is 0 Å². The van der Waals surface area contributed by atoms with Crippen LogP contribution in [0.25, 0.3) is 0 Å². The second-order valence-electron chi connectivity index (χ2n) is 5.76. The first-order valence-corrected chi connectivity index (χ1v) is 6.73. The van der Waals surface area contributed by atoms with Gasteiger partial charge in [0.15, 0.2) is 0 Å². The molecule has 1 fully saturated rings. The lowest BCUT2D eigenvalue weighted by molar-refractivity contribution is -0.123. The van der Waals surface area contributed by atoms with Crippen LogP contribution in [0.5, 0.6) is 0 Å². The number of hydrogen-bond acceptors (Lipinski definition) is 4. The monoisotopic (exact) mass is 257 g/mol. The second-order valence-corrected chi connectivity index (χ2v) is 5.76. The van der Waals surface area contributed by atoms with E-state index in [1.54, 1.807) is 6.92 Å². The van der Waals surface area contributed by atoms with Crippen molar-refractivity contribution in [2.24, 2.45) is 11.5 Å². The van der Waals surface area contributed by atoms with Crippen LogP contribution in [0.3, 0.4) is 0 Å². The molecular formula is C13H27N3O2. The highest BCUT2D eigenvalue weighted by Gasteiger charge is 2.30. The van der Waals surface area contributed by atoms with Gasteiger partial charge in [0.05, 0.1) is 11.6 Å². The zero-order chi connectivity index (χ0) is 13.8. The molecule has 1 heterocycles. The third kappa shape index (κ3) is 4.55. The molecule has 0 aromatic heterocycles. The minimum atomic E-state index is -0.943. The normalized spacial score (nSPS) is 25.7. The number of primary amides is 1. The first-order chi connectivity index (χ1) is 8.33. The number of hydrogen-bond donors (Lipinski definition) is 2. The highest BCUT2D eigenvalue weighted by atomic mass is 16.5. The molecule has 4 N–H and O–H groups in total. The number of amides is 1. The largest absolute Gasteiger partial charge is 0.377 e. The Balaban J connectivity index is 2.40. The van der Waals surface area contributed by atoms with Crippen molar-refractivity contribution in [2.45, 2.75) is 57.2 Å². The Labute approximate surface area is 110 Å². The summed E-state index contributed by atoms with van der Waals surface area (Å²) in [6.45, 7) is 5.51. The highest BCUT2D eigenvalue weighted by Crippen LogP contribution is 2.17. The summed E-state index contributed by atoms with van der Waals surface area (Å²) in [5, 5.41) is 0. The Kier molecular flexibility index (Phi) is 5.56. The number of carbonyl (C=O) groups excluding carboxylic acids is 1. The van der Waals surface area contributed by atoms with E-state index in [1.165, 1.54) is 6.42 Å². The van der Waals surface area contributed by atoms with Gasteiger partial charge in [0.1, 0.15) is 0 Å². The van der Waals surface area contributed by atoms with Gasteiger partial charge in [-0.3, -0.25) is 4.79 Å². The van der Waals surface area contributed by atoms with E-state index in [4.69, 9.17) is 16.2 Å². The quantitative estimate of drug-likeness (QED) is 0.724. The summed E-state index contributed by atoms with van der Waals surface area (Å²) < 4.78 is 5.71. The van der Waals surface area contributed by atoms with Crippen molar-refractivity contribution in [3.63, 3.8) is 0 Å². The third-order valence-corrected chi connectivity index (χ3v) is 3.80. The number of carbonyl (C=O) groups is 1. The zero-order valence-electron chi connectivity index (χ0n) is 11.8. The van der Waals surface area contributed by atoms with Gasteiger partial charge < -0.3 is 21.1 Å². The number of ether oxygens (including phenoxy) is 1. The van der Waals surface area contributed by atoms with Crippen molar-refractivity contribution in [1.82, 2.24) is 4.90 Å². The molecule has 0 spiro atoms. The Morgan fingerprint density at radius 3 is 2.72 bits per heavy atom. The second kappa shape index (κ2) is 6.50. The maximum atomic E-state index is 11.2. The van der Waals surface area contributed by atoms with Crippen LogP contribution in [0.15, 0.2) is 0 Å².